The van der Waals surface area contributed by atoms with E-state index in [1.165, 1.54) is 5.56 Å². The number of benzene rings is 1. The van der Waals surface area contributed by atoms with Crippen molar-refractivity contribution in [3.05, 3.63) is 29.3 Å². The number of hydrogen-bond acceptors (Lipinski definition) is 3. The van der Waals surface area contributed by atoms with Gasteiger partial charge in [0.2, 0.25) is 5.91 Å². The summed E-state index contributed by atoms with van der Waals surface area (Å²) in [5, 5.41) is 6.15. The first-order valence-electron chi connectivity index (χ1n) is 10.7. The summed E-state index contributed by atoms with van der Waals surface area (Å²) in [7, 11) is 1.70. The summed E-state index contributed by atoms with van der Waals surface area (Å²) in [6.07, 6.45) is 2.65. The average molecular weight is 530 g/mol. The van der Waals surface area contributed by atoms with Crippen molar-refractivity contribution in [1.82, 2.24) is 15.5 Å². The van der Waals surface area contributed by atoms with Gasteiger partial charge in [-0.3, -0.25) is 4.79 Å². The van der Waals surface area contributed by atoms with Crippen LogP contribution in [0.25, 0.3) is 0 Å². The monoisotopic (exact) mass is 530 g/mol. The molecule has 6 nitrogen and oxygen atoms in total. The highest BCUT2D eigenvalue weighted by atomic mass is 127. The number of nitrogens with one attached hydrogen (secondary N) is 2. The number of aliphatic imine (C=N–C) groups is 1. The lowest BCUT2D eigenvalue weighted by atomic mass is 9.93. The molecule has 1 aromatic rings. The molecule has 1 amide bonds. The van der Waals surface area contributed by atoms with Crippen molar-refractivity contribution >= 4 is 35.8 Å². The summed E-state index contributed by atoms with van der Waals surface area (Å²) >= 11 is 0. The second-order valence-electron chi connectivity index (χ2n) is 8.80. The third kappa shape index (κ3) is 8.70. The van der Waals surface area contributed by atoms with Gasteiger partial charge in [-0.15, -0.1) is 24.0 Å². The molecule has 1 fully saturated rings. The minimum Gasteiger partial charge on any atom is -0.488 e. The van der Waals surface area contributed by atoms with Gasteiger partial charge < -0.3 is 20.3 Å². The van der Waals surface area contributed by atoms with E-state index in [1.54, 1.807) is 7.05 Å². The number of halogens is 1. The van der Waals surface area contributed by atoms with Crippen LogP contribution in [-0.4, -0.2) is 49.0 Å². The van der Waals surface area contributed by atoms with Gasteiger partial charge in [-0.05, 0) is 65.0 Å². The number of amides is 1. The number of rotatable bonds is 6. The van der Waals surface area contributed by atoms with Gasteiger partial charge in [0, 0.05) is 38.7 Å². The number of aryl methyl sites for hydroxylation is 1. The quantitative estimate of drug-likeness (QED) is 0.330. The van der Waals surface area contributed by atoms with E-state index in [1.807, 2.05) is 0 Å². The minimum atomic E-state index is -0.247. The SMILES string of the molecule is CCNC(=NCc1ccc(C)cc1OC(C)(C)C)N1CCC(CC(=O)NC)CC1.I. The van der Waals surface area contributed by atoms with Crippen molar-refractivity contribution in [3.8, 4) is 5.75 Å². The molecular weight excluding hydrogens is 491 g/mol. The molecule has 0 atom stereocenters. The van der Waals surface area contributed by atoms with Gasteiger partial charge in [-0.25, -0.2) is 4.99 Å². The van der Waals surface area contributed by atoms with E-state index in [9.17, 15) is 4.79 Å². The zero-order chi connectivity index (χ0) is 21.4. The van der Waals surface area contributed by atoms with Crippen LogP contribution in [0, 0.1) is 12.8 Å². The predicted molar refractivity (Wildman–Crippen MR) is 135 cm³/mol. The fourth-order valence-electron chi connectivity index (χ4n) is 3.52. The molecule has 2 N–H and O–H groups in total. The topological polar surface area (TPSA) is 66.0 Å². The summed E-state index contributed by atoms with van der Waals surface area (Å²) in [5.41, 5.74) is 2.03. The Labute approximate surface area is 199 Å². The number of carbonyl (C=O) groups excluding carboxylic acids is 1. The number of nitrogens with zero attached hydrogens (tertiary/aromatic N) is 2. The van der Waals surface area contributed by atoms with Crippen LogP contribution in [-0.2, 0) is 11.3 Å². The van der Waals surface area contributed by atoms with Gasteiger partial charge in [0.25, 0.3) is 0 Å². The normalized spacial score (nSPS) is 15.4. The number of guanidine groups is 1. The van der Waals surface area contributed by atoms with Crippen LogP contribution in [0.1, 0.15) is 58.1 Å². The fraction of sp³-hybridized carbons (Fsp3) is 0.652. The van der Waals surface area contributed by atoms with Crippen molar-refractivity contribution < 1.29 is 9.53 Å². The summed E-state index contributed by atoms with van der Waals surface area (Å²) in [6, 6.07) is 6.31. The zero-order valence-electron chi connectivity index (χ0n) is 19.4. The third-order valence-corrected chi connectivity index (χ3v) is 5.04. The standard InChI is InChI=1S/C23H38N4O2.HI/c1-7-25-22(27-12-10-18(11-13-27)15-21(28)24-6)26-16-19-9-8-17(2)14-20(19)29-23(3,4)5;/h8-9,14,18H,7,10-13,15-16H2,1-6H3,(H,24,28)(H,25,26);1H. The molecule has 1 aliphatic heterocycles. The maximum atomic E-state index is 11.6. The molecule has 0 bridgehead atoms. The van der Waals surface area contributed by atoms with E-state index in [0.29, 0.717) is 18.9 Å². The molecule has 30 heavy (non-hydrogen) atoms. The Bertz CT molecular complexity index is 708. The number of hydrogen-bond donors (Lipinski definition) is 2. The van der Waals surface area contributed by atoms with Gasteiger partial charge in [0.05, 0.1) is 6.54 Å². The lowest BCUT2D eigenvalue weighted by Crippen LogP contribution is -2.46. The molecule has 1 saturated heterocycles. The molecule has 1 heterocycles. The van der Waals surface area contributed by atoms with E-state index < -0.39 is 0 Å². The van der Waals surface area contributed by atoms with E-state index >= 15 is 0 Å². The second kappa shape index (κ2) is 12.4. The van der Waals surface area contributed by atoms with E-state index in [4.69, 9.17) is 9.73 Å². The van der Waals surface area contributed by atoms with Gasteiger partial charge in [0.15, 0.2) is 5.96 Å². The number of piperidine rings is 1. The van der Waals surface area contributed by atoms with Crippen LogP contribution in [0.15, 0.2) is 23.2 Å². The Morgan fingerprint density at radius 2 is 1.93 bits per heavy atom. The molecule has 0 saturated carbocycles. The Balaban J connectivity index is 0.00000450. The van der Waals surface area contributed by atoms with Gasteiger partial charge in [0.1, 0.15) is 11.4 Å². The Morgan fingerprint density at radius 1 is 1.27 bits per heavy atom. The summed E-state index contributed by atoms with van der Waals surface area (Å²) in [4.78, 5) is 18.8. The Kier molecular flexibility index (Phi) is 10.9. The minimum absolute atomic E-state index is 0. The number of carbonyl (C=O) groups is 1. The summed E-state index contributed by atoms with van der Waals surface area (Å²) < 4.78 is 6.17. The Hall–Kier alpha value is -1.51. The summed E-state index contributed by atoms with van der Waals surface area (Å²) in [5.74, 6) is 2.43. The Morgan fingerprint density at radius 3 is 2.50 bits per heavy atom. The molecule has 0 unspecified atom stereocenters. The predicted octanol–water partition coefficient (Wildman–Crippen LogP) is 4.10. The largest absolute Gasteiger partial charge is 0.488 e. The van der Waals surface area contributed by atoms with Crippen LogP contribution in [0.4, 0.5) is 0 Å². The molecule has 1 aromatic carbocycles. The third-order valence-electron chi connectivity index (χ3n) is 5.04. The molecular formula is C23H39IN4O2. The molecule has 7 heteroatoms. The van der Waals surface area contributed by atoms with Gasteiger partial charge in [-0.2, -0.15) is 0 Å². The second-order valence-corrected chi connectivity index (χ2v) is 8.80. The highest BCUT2D eigenvalue weighted by molar-refractivity contribution is 14.0. The average Bonchev–Trinajstić information content (AvgIpc) is 2.65. The van der Waals surface area contributed by atoms with Crippen molar-refractivity contribution in [2.24, 2.45) is 10.9 Å². The highest BCUT2D eigenvalue weighted by Gasteiger charge is 2.23. The van der Waals surface area contributed by atoms with E-state index in [0.717, 1.165) is 49.7 Å². The highest BCUT2D eigenvalue weighted by Crippen LogP contribution is 2.26. The van der Waals surface area contributed by atoms with Crippen molar-refractivity contribution in [1.29, 1.82) is 0 Å². The van der Waals surface area contributed by atoms with Crippen LogP contribution in [0.2, 0.25) is 0 Å². The lowest BCUT2D eigenvalue weighted by molar-refractivity contribution is -0.121. The zero-order valence-corrected chi connectivity index (χ0v) is 21.7. The van der Waals surface area contributed by atoms with Crippen molar-refractivity contribution in [3.63, 3.8) is 0 Å². The fourth-order valence-corrected chi connectivity index (χ4v) is 3.52. The first kappa shape index (κ1) is 26.5. The molecule has 0 aliphatic carbocycles. The van der Waals surface area contributed by atoms with Gasteiger partial charge >= 0.3 is 0 Å². The summed E-state index contributed by atoms with van der Waals surface area (Å²) in [6.45, 7) is 13.6. The van der Waals surface area contributed by atoms with Crippen molar-refractivity contribution in [2.45, 2.75) is 66.0 Å². The van der Waals surface area contributed by atoms with Crippen LogP contribution in [0.5, 0.6) is 5.75 Å². The maximum absolute atomic E-state index is 11.6. The molecule has 0 radical (unpaired) electrons. The number of likely N-dealkylation sites (tertiary alicyclic amines) is 1. The molecule has 0 spiro atoms. The molecule has 2 rings (SSSR count). The smallest absolute Gasteiger partial charge is 0.220 e. The van der Waals surface area contributed by atoms with Gasteiger partial charge in [-0.1, -0.05) is 12.1 Å². The lowest BCUT2D eigenvalue weighted by Gasteiger charge is -2.34. The molecule has 0 aromatic heterocycles. The first-order valence-corrected chi connectivity index (χ1v) is 10.7. The maximum Gasteiger partial charge on any atom is 0.220 e. The van der Waals surface area contributed by atoms with Crippen molar-refractivity contribution in [2.75, 3.05) is 26.7 Å². The van der Waals surface area contributed by atoms with E-state index in [2.05, 4.69) is 68.4 Å². The van der Waals surface area contributed by atoms with E-state index in [-0.39, 0.29) is 35.5 Å². The number of ether oxygens (including phenoxy) is 1. The van der Waals surface area contributed by atoms with Crippen LogP contribution in [0.3, 0.4) is 0 Å². The van der Waals surface area contributed by atoms with Crippen LogP contribution < -0.4 is 15.4 Å². The first-order chi connectivity index (χ1) is 13.7. The van der Waals surface area contributed by atoms with Crippen LogP contribution >= 0.6 is 24.0 Å². The molecule has 170 valence electrons. The molecule has 1 aliphatic rings.